The van der Waals surface area contributed by atoms with E-state index in [1.54, 1.807) is 0 Å². The van der Waals surface area contributed by atoms with Crippen molar-refractivity contribution in [3.05, 3.63) is 41.1 Å². The van der Waals surface area contributed by atoms with Crippen LogP contribution in [0.15, 0.2) is 24.4 Å². The molecule has 1 aromatic carbocycles. The van der Waals surface area contributed by atoms with Crippen LogP contribution in [-0.2, 0) is 0 Å². The monoisotopic (exact) mass is 171 g/mol. The van der Waals surface area contributed by atoms with Crippen LogP contribution >= 0.6 is 0 Å². The molecule has 0 aliphatic carbocycles. The van der Waals surface area contributed by atoms with E-state index in [4.69, 9.17) is 0 Å². The second kappa shape index (κ2) is 2.84. The predicted molar refractivity (Wildman–Crippen MR) is 56.0 cm³/mol. The Balaban J connectivity index is 2.86. The number of hydrogen-bond acceptors (Lipinski definition) is 1. The van der Waals surface area contributed by atoms with Crippen LogP contribution in [0.25, 0.3) is 10.9 Å². The average Bonchev–Trinajstić information content (AvgIpc) is 2.02. The lowest BCUT2D eigenvalue weighted by Gasteiger charge is -2.03. The quantitative estimate of drug-likeness (QED) is 0.593. The van der Waals surface area contributed by atoms with Crippen molar-refractivity contribution in [2.24, 2.45) is 0 Å². The Bertz CT molecular complexity index is 453. The number of nitrogens with zero attached hydrogens (tertiary/aromatic N) is 1. The molecule has 0 aliphatic heterocycles. The van der Waals surface area contributed by atoms with Gasteiger partial charge in [-0.15, -0.1) is 0 Å². The number of benzene rings is 1. The molecule has 2 aromatic rings. The van der Waals surface area contributed by atoms with E-state index in [-0.39, 0.29) is 0 Å². The van der Waals surface area contributed by atoms with Crippen molar-refractivity contribution < 1.29 is 0 Å². The Hall–Kier alpha value is -1.37. The molecule has 2 rings (SSSR count). The van der Waals surface area contributed by atoms with Gasteiger partial charge < -0.3 is 0 Å². The van der Waals surface area contributed by atoms with E-state index in [0.29, 0.717) is 0 Å². The van der Waals surface area contributed by atoms with Gasteiger partial charge in [-0.3, -0.25) is 4.98 Å². The fourth-order valence-corrected chi connectivity index (χ4v) is 1.73. The first-order valence-corrected chi connectivity index (χ1v) is 4.50. The molecule has 0 aliphatic rings. The highest BCUT2D eigenvalue weighted by Crippen LogP contribution is 2.18. The van der Waals surface area contributed by atoms with Gasteiger partial charge in [-0.1, -0.05) is 11.6 Å². The lowest BCUT2D eigenvalue weighted by atomic mass is 10.1. The molecule has 66 valence electrons. The van der Waals surface area contributed by atoms with Gasteiger partial charge in [-0.25, -0.2) is 0 Å². The van der Waals surface area contributed by atoms with Crippen LogP contribution in [0.4, 0.5) is 0 Å². The van der Waals surface area contributed by atoms with Gasteiger partial charge in [0.1, 0.15) is 0 Å². The summed E-state index contributed by atoms with van der Waals surface area (Å²) in [5.41, 5.74) is 4.90. The maximum Gasteiger partial charge on any atom is 0.0731 e. The van der Waals surface area contributed by atoms with Crippen LogP contribution in [0, 0.1) is 20.8 Å². The zero-order valence-corrected chi connectivity index (χ0v) is 8.26. The summed E-state index contributed by atoms with van der Waals surface area (Å²) in [6, 6.07) is 6.54. The molecule has 0 amide bonds. The number of rotatable bonds is 0. The molecule has 13 heavy (non-hydrogen) atoms. The van der Waals surface area contributed by atoms with E-state index in [0.717, 1.165) is 5.52 Å². The molecular weight excluding hydrogens is 158 g/mol. The van der Waals surface area contributed by atoms with E-state index < -0.39 is 0 Å². The van der Waals surface area contributed by atoms with E-state index in [9.17, 15) is 0 Å². The first-order valence-electron chi connectivity index (χ1n) is 4.50. The summed E-state index contributed by atoms with van der Waals surface area (Å²) in [6.07, 6.45) is 1.92. The van der Waals surface area contributed by atoms with Crippen LogP contribution in [0.3, 0.4) is 0 Å². The highest BCUT2D eigenvalue weighted by atomic mass is 14.7. The summed E-state index contributed by atoms with van der Waals surface area (Å²) < 4.78 is 0. The second-order valence-corrected chi connectivity index (χ2v) is 3.67. The van der Waals surface area contributed by atoms with Gasteiger partial charge in [0.25, 0.3) is 0 Å². The van der Waals surface area contributed by atoms with Crippen molar-refractivity contribution in [1.82, 2.24) is 4.98 Å². The third-order valence-corrected chi connectivity index (χ3v) is 2.25. The Morgan fingerprint density at radius 3 is 2.38 bits per heavy atom. The summed E-state index contributed by atoms with van der Waals surface area (Å²) in [4.78, 5) is 4.42. The normalized spacial score (nSPS) is 10.7. The Morgan fingerprint density at radius 1 is 0.923 bits per heavy atom. The van der Waals surface area contributed by atoms with Crippen molar-refractivity contribution in [3.8, 4) is 0 Å². The molecule has 1 heteroatoms. The van der Waals surface area contributed by atoms with Crippen molar-refractivity contribution in [3.63, 3.8) is 0 Å². The molecule has 0 radical (unpaired) electrons. The molecule has 0 bridgehead atoms. The van der Waals surface area contributed by atoms with Crippen molar-refractivity contribution in [2.45, 2.75) is 20.8 Å². The largest absolute Gasteiger partial charge is 0.256 e. The zero-order valence-electron chi connectivity index (χ0n) is 8.26. The topological polar surface area (TPSA) is 12.9 Å². The average molecular weight is 171 g/mol. The minimum atomic E-state index is 1.12. The number of hydrogen-bond donors (Lipinski definition) is 0. The summed E-state index contributed by atoms with van der Waals surface area (Å²) in [7, 11) is 0. The van der Waals surface area contributed by atoms with E-state index in [1.807, 2.05) is 6.20 Å². The zero-order chi connectivity index (χ0) is 9.42. The first-order chi connectivity index (χ1) is 6.16. The number of aryl methyl sites for hydroxylation is 3. The smallest absolute Gasteiger partial charge is 0.0731 e. The van der Waals surface area contributed by atoms with Crippen LogP contribution in [0.2, 0.25) is 0 Å². The van der Waals surface area contributed by atoms with E-state index in [2.05, 4.69) is 44.0 Å². The SMILES string of the molecule is Cc1cnc2c(C)cc(C)cc2c1. The molecule has 1 heterocycles. The maximum atomic E-state index is 4.42. The fourth-order valence-electron chi connectivity index (χ4n) is 1.73. The molecular formula is C12H13N. The molecule has 0 spiro atoms. The lowest BCUT2D eigenvalue weighted by Crippen LogP contribution is -1.86. The van der Waals surface area contributed by atoms with Gasteiger partial charge in [0.15, 0.2) is 0 Å². The van der Waals surface area contributed by atoms with Gasteiger partial charge in [-0.05, 0) is 44.0 Å². The van der Waals surface area contributed by atoms with Crippen LogP contribution in [-0.4, -0.2) is 4.98 Å². The molecule has 0 saturated heterocycles. The van der Waals surface area contributed by atoms with Crippen molar-refractivity contribution in [1.29, 1.82) is 0 Å². The minimum absolute atomic E-state index is 1.12. The summed E-state index contributed by atoms with van der Waals surface area (Å²) in [5, 5.41) is 1.25. The molecule has 0 N–H and O–H groups in total. The van der Waals surface area contributed by atoms with Gasteiger partial charge >= 0.3 is 0 Å². The molecule has 1 aromatic heterocycles. The van der Waals surface area contributed by atoms with Gasteiger partial charge in [0.2, 0.25) is 0 Å². The van der Waals surface area contributed by atoms with Gasteiger partial charge in [0, 0.05) is 11.6 Å². The molecule has 0 unspecified atom stereocenters. The standard InChI is InChI=1S/C12H13N/c1-8-4-10(3)12-11(5-8)6-9(2)7-13-12/h4-7H,1-3H3. The van der Waals surface area contributed by atoms with Gasteiger partial charge in [0.05, 0.1) is 5.52 Å². The number of aromatic nitrogens is 1. The van der Waals surface area contributed by atoms with E-state index in [1.165, 1.54) is 22.1 Å². The molecule has 0 fully saturated rings. The summed E-state index contributed by atoms with van der Waals surface area (Å²) >= 11 is 0. The number of fused-ring (bicyclic) bond motifs is 1. The number of pyridine rings is 1. The summed E-state index contributed by atoms with van der Waals surface area (Å²) in [5.74, 6) is 0. The Labute approximate surface area is 78.4 Å². The highest BCUT2D eigenvalue weighted by molar-refractivity contribution is 5.82. The van der Waals surface area contributed by atoms with Crippen LogP contribution in [0.5, 0.6) is 0 Å². The van der Waals surface area contributed by atoms with Crippen molar-refractivity contribution >= 4 is 10.9 Å². The minimum Gasteiger partial charge on any atom is -0.256 e. The van der Waals surface area contributed by atoms with Gasteiger partial charge in [-0.2, -0.15) is 0 Å². The molecule has 1 nitrogen and oxygen atoms in total. The van der Waals surface area contributed by atoms with Crippen LogP contribution in [0.1, 0.15) is 16.7 Å². The first kappa shape index (κ1) is 8.24. The third-order valence-electron chi connectivity index (χ3n) is 2.25. The van der Waals surface area contributed by atoms with E-state index >= 15 is 0 Å². The predicted octanol–water partition coefficient (Wildman–Crippen LogP) is 3.16. The fraction of sp³-hybridized carbons (Fsp3) is 0.250. The Morgan fingerprint density at radius 2 is 1.62 bits per heavy atom. The Kier molecular flexibility index (Phi) is 1.80. The second-order valence-electron chi connectivity index (χ2n) is 3.67. The lowest BCUT2D eigenvalue weighted by molar-refractivity contribution is 1.30. The van der Waals surface area contributed by atoms with Crippen molar-refractivity contribution in [2.75, 3.05) is 0 Å². The molecule has 0 atom stereocenters. The maximum absolute atomic E-state index is 4.42. The third kappa shape index (κ3) is 1.42. The molecule has 0 saturated carbocycles. The summed E-state index contributed by atoms with van der Waals surface area (Å²) in [6.45, 7) is 6.30. The highest BCUT2D eigenvalue weighted by Gasteiger charge is 1.99. The van der Waals surface area contributed by atoms with Crippen LogP contribution < -0.4 is 0 Å².